The van der Waals surface area contributed by atoms with Gasteiger partial charge in [-0.25, -0.2) is 0 Å². The fraction of sp³-hybridized carbons (Fsp3) is 0.550. The van der Waals surface area contributed by atoms with Crippen molar-refractivity contribution in [2.45, 2.75) is 58.0 Å². The zero-order valence-corrected chi connectivity index (χ0v) is 14.2. The quantitative estimate of drug-likeness (QED) is 0.345. The van der Waals surface area contributed by atoms with E-state index in [1.54, 1.807) is 6.08 Å². The van der Waals surface area contributed by atoms with Crippen molar-refractivity contribution in [2.75, 3.05) is 6.61 Å². The van der Waals surface area contributed by atoms with Crippen molar-refractivity contribution in [1.82, 2.24) is 0 Å². The molecule has 0 heterocycles. The summed E-state index contributed by atoms with van der Waals surface area (Å²) >= 11 is 0. The summed E-state index contributed by atoms with van der Waals surface area (Å²) in [5, 5.41) is 18.7. The zero-order valence-electron chi connectivity index (χ0n) is 14.2. The Morgan fingerprint density at radius 2 is 2.00 bits per heavy atom. The Morgan fingerprint density at radius 3 is 2.74 bits per heavy atom. The maximum atomic E-state index is 11.9. The van der Waals surface area contributed by atoms with Gasteiger partial charge in [0.15, 0.2) is 5.78 Å². The lowest BCUT2D eigenvalue weighted by Gasteiger charge is -2.10. The van der Waals surface area contributed by atoms with Gasteiger partial charge < -0.3 is 10.2 Å². The molecule has 128 valence electrons. The van der Waals surface area contributed by atoms with Crippen LogP contribution < -0.4 is 0 Å². The van der Waals surface area contributed by atoms with Crippen molar-refractivity contribution in [3.05, 3.63) is 48.1 Å². The van der Waals surface area contributed by atoms with Crippen molar-refractivity contribution in [1.29, 1.82) is 0 Å². The summed E-state index contributed by atoms with van der Waals surface area (Å²) in [6.45, 7) is 2.31. The standard InChI is InChI=1S/C20H30O3/c1-2-3-7-11-18(22)13-14-19-17(12-15-20(19)23)10-8-5-4-6-9-16-21/h3,5,7-8,12,14-15,17-18,21-22H,2,4,6,9-11,13,16H2,1H3/b7-3-,8-5-,19-14+. The predicted octanol–water partition coefficient (Wildman–Crippen LogP) is 3.88. The summed E-state index contributed by atoms with van der Waals surface area (Å²) in [4.78, 5) is 11.9. The number of rotatable bonds is 11. The molecule has 0 fully saturated rings. The highest BCUT2D eigenvalue weighted by atomic mass is 16.3. The van der Waals surface area contributed by atoms with Gasteiger partial charge in [-0.05, 0) is 51.0 Å². The first-order valence-electron chi connectivity index (χ1n) is 8.70. The molecule has 2 N–H and O–H groups in total. The lowest BCUT2D eigenvalue weighted by Crippen LogP contribution is -2.07. The number of unbranched alkanes of at least 4 members (excludes halogenated alkanes) is 2. The molecule has 3 heteroatoms. The summed E-state index contributed by atoms with van der Waals surface area (Å²) in [6.07, 6.45) is 19.1. The molecule has 0 aromatic rings. The van der Waals surface area contributed by atoms with Crippen LogP contribution in [0.2, 0.25) is 0 Å². The molecule has 2 unspecified atom stereocenters. The minimum atomic E-state index is -0.423. The molecule has 0 spiro atoms. The average Bonchev–Trinajstić information content (AvgIpc) is 2.89. The smallest absolute Gasteiger partial charge is 0.181 e. The van der Waals surface area contributed by atoms with Crippen LogP contribution in [0.3, 0.4) is 0 Å². The molecule has 0 bridgehead atoms. The van der Waals surface area contributed by atoms with E-state index in [-0.39, 0.29) is 18.3 Å². The molecule has 0 saturated heterocycles. The van der Waals surface area contributed by atoms with Gasteiger partial charge in [0.2, 0.25) is 0 Å². The van der Waals surface area contributed by atoms with Crippen molar-refractivity contribution in [3.63, 3.8) is 0 Å². The van der Waals surface area contributed by atoms with Gasteiger partial charge >= 0.3 is 0 Å². The summed E-state index contributed by atoms with van der Waals surface area (Å²) in [5.74, 6) is 0.204. The number of carbonyl (C=O) groups is 1. The number of aliphatic hydroxyl groups is 2. The monoisotopic (exact) mass is 318 g/mol. The Bertz CT molecular complexity index is 458. The van der Waals surface area contributed by atoms with Gasteiger partial charge in [0, 0.05) is 18.1 Å². The third kappa shape index (κ3) is 8.10. The van der Waals surface area contributed by atoms with E-state index in [0.717, 1.165) is 37.7 Å². The van der Waals surface area contributed by atoms with Crippen LogP contribution in [-0.4, -0.2) is 28.7 Å². The zero-order chi connectivity index (χ0) is 16.9. The van der Waals surface area contributed by atoms with Gasteiger partial charge in [0.1, 0.15) is 0 Å². The third-order valence-electron chi connectivity index (χ3n) is 3.92. The SMILES string of the molecule is CC/C=C\CC(O)C/C=C1/C(=O)C=CC1C/C=C\CCCCO. The number of hydrogen-bond acceptors (Lipinski definition) is 3. The second-order valence-electron chi connectivity index (χ2n) is 5.92. The Balaban J connectivity index is 2.43. The minimum Gasteiger partial charge on any atom is -0.396 e. The van der Waals surface area contributed by atoms with Crippen LogP contribution in [-0.2, 0) is 4.79 Å². The van der Waals surface area contributed by atoms with Crippen molar-refractivity contribution < 1.29 is 15.0 Å². The van der Waals surface area contributed by atoms with Crippen LogP contribution in [0, 0.1) is 5.92 Å². The first-order valence-corrected chi connectivity index (χ1v) is 8.70. The molecule has 1 aliphatic rings. The van der Waals surface area contributed by atoms with E-state index >= 15 is 0 Å². The Hall–Kier alpha value is -1.45. The Morgan fingerprint density at radius 1 is 1.17 bits per heavy atom. The number of carbonyl (C=O) groups excluding carboxylic acids is 1. The number of aliphatic hydroxyl groups excluding tert-OH is 2. The number of ketones is 1. The van der Waals surface area contributed by atoms with Crippen molar-refractivity contribution in [3.8, 4) is 0 Å². The van der Waals surface area contributed by atoms with Gasteiger partial charge in [0.25, 0.3) is 0 Å². The molecule has 23 heavy (non-hydrogen) atoms. The molecular formula is C20H30O3. The highest BCUT2D eigenvalue weighted by Gasteiger charge is 2.21. The molecule has 0 saturated carbocycles. The van der Waals surface area contributed by atoms with E-state index in [0.29, 0.717) is 12.8 Å². The first-order chi connectivity index (χ1) is 11.2. The van der Waals surface area contributed by atoms with E-state index in [1.165, 1.54) is 0 Å². The average molecular weight is 318 g/mol. The lowest BCUT2D eigenvalue weighted by molar-refractivity contribution is -0.111. The van der Waals surface area contributed by atoms with Crippen LogP contribution in [0.5, 0.6) is 0 Å². The summed E-state index contributed by atoms with van der Waals surface area (Å²) < 4.78 is 0. The highest BCUT2D eigenvalue weighted by molar-refractivity contribution is 6.07. The summed E-state index contributed by atoms with van der Waals surface area (Å²) in [7, 11) is 0. The van der Waals surface area contributed by atoms with Crippen LogP contribution >= 0.6 is 0 Å². The normalized spacial score (nSPS) is 21.3. The Labute approximate surface area is 140 Å². The first kappa shape index (κ1) is 19.6. The van der Waals surface area contributed by atoms with Crippen LogP contribution in [0.1, 0.15) is 51.9 Å². The van der Waals surface area contributed by atoms with Crippen molar-refractivity contribution >= 4 is 5.78 Å². The third-order valence-corrected chi connectivity index (χ3v) is 3.92. The molecule has 0 amide bonds. The largest absolute Gasteiger partial charge is 0.396 e. The fourth-order valence-corrected chi connectivity index (χ4v) is 2.56. The molecule has 2 atom stereocenters. The van der Waals surface area contributed by atoms with Crippen LogP contribution in [0.15, 0.2) is 48.1 Å². The summed E-state index contributed by atoms with van der Waals surface area (Å²) in [5.41, 5.74) is 0.809. The van der Waals surface area contributed by atoms with Gasteiger partial charge in [-0.1, -0.05) is 43.4 Å². The number of allylic oxidation sites excluding steroid dienone is 6. The number of hydrogen-bond donors (Lipinski definition) is 2. The van der Waals surface area contributed by atoms with E-state index in [1.807, 2.05) is 24.3 Å². The van der Waals surface area contributed by atoms with E-state index in [2.05, 4.69) is 19.1 Å². The topological polar surface area (TPSA) is 57.5 Å². The molecule has 1 rings (SSSR count). The Kier molecular flexibility index (Phi) is 10.3. The van der Waals surface area contributed by atoms with Crippen LogP contribution in [0.4, 0.5) is 0 Å². The van der Waals surface area contributed by atoms with Crippen molar-refractivity contribution in [2.24, 2.45) is 5.92 Å². The van der Waals surface area contributed by atoms with Gasteiger partial charge in [-0.3, -0.25) is 4.79 Å². The predicted molar refractivity (Wildman–Crippen MR) is 95.1 cm³/mol. The van der Waals surface area contributed by atoms with E-state index < -0.39 is 6.10 Å². The minimum absolute atomic E-state index is 0.0694. The molecule has 0 radical (unpaired) electrons. The second kappa shape index (κ2) is 12.0. The fourth-order valence-electron chi connectivity index (χ4n) is 2.56. The van der Waals surface area contributed by atoms with E-state index in [4.69, 9.17) is 5.11 Å². The molecule has 0 aliphatic heterocycles. The lowest BCUT2D eigenvalue weighted by atomic mass is 9.96. The molecular weight excluding hydrogens is 288 g/mol. The summed E-state index contributed by atoms with van der Waals surface area (Å²) in [6, 6.07) is 0. The second-order valence-corrected chi connectivity index (χ2v) is 5.92. The van der Waals surface area contributed by atoms with Gasteiger partial charge in [-0.2, -0.15) is 0 Å². The highest BCUT2D eigenvalue weighted by Crippen LogP contribution is 2.26. The maximum Gasteiger partial charge on any atom is 0.181 e. The molecule has 0 aromatic carbocycles. The van der Waals surface area contributed by atoms with Gasteiger partial charge in [0.05, 0.1) is 6.10 Å². The van der Waals surface area contributed by atoms with E-state index in [9.17, 15) is 9.90 Å². The molecule has 3 nitrogen and oxygen atoms in total. The van der Waals surface area contributed by atoms with Gasteiger partial charge in [-0.15, -0.1) is 0 Å². The maximum absolute atomic E-state index is 11.9. The van der Waals surface area contributed by atoms with Crippen LogP contribution in [0.25, 0.3) is 0 Å². The molecule has 0 aromatic heterocycles. The molecule has 1 aliphatic carbocycles.